The summed E-state index contributed by atoms with van der Waals surface area (Å²) < 4.78 is 5.19. The lowest BCUT2D eigenvalue weighted by Gasteiger charge is -2.08. The SMILES string of the molecule is COc1ccc(Cl)cc1NC(=O)C=Cc1cnc2ccccc2n1. The van der Waals surface area contributed by atoms with Crippen LogP contribution in [0.1, 0.15) is 5.69 Å². The van der Waals surface area contributed by atoms with Crippen LogP contribution in [0.25, 0.3) is 17.1 Å². The molecule has 3 rings (SSSR count). The first-order valence-electron chi connectivity index (χ1n) is 7.20. The van der Waals surface area contributed by atoms with E-state index < -0.39 is 0 Å². The van der Waals surface area contributed by atoms with Gasteiger partial charge in [0, 0.05) is 11.1 Å². The van der Waals surface area contributed by atoms with Crippen molar-refractivity contribution in [1.29, 1.82) is 0 Å². The number of methoxy groups -OCH3 is 1. The second-order valence-electron chi connectivity index (χ2n) is 4.95. The number of amides is 1. The summed E-state index contributed by atoms with van der Waals surface area (Å²) in [5.74, 6) is 0.220. The number of benzene rings is 2. The molecule has 1 N–H and O–H groups in total. The van der Waals surface area contributed by atoms with Crippen LogP contribution in [0.15, 0.2) is 54.7 Å². The zero-order chi connectivity index (χ0) is 16.9. The Morgan fingerprint density at radius 1 is 1.21 bits per heavy atom. The Bertz CT molecular complexity index is 925. The predicted octanol–water partition coefficient (Wildman–Crippen LogP) is 3.94. The summed E-state index contributed by atoms with van der Waals surface area (Å²) in [6.07, 6.45) is 4.61. The number of carbonyl (C=O) groups is 1. The fraction of sp³-hybridized carbons (Fsp3) is 0.0556. The lowest BCUT2D eigenvalue weighted by atomic mass is 10.2. The lowest BCUT2D eigenvalue weighted by Crippen LogP contribution is -2.09. The van der Waals surface area contributed by atoms with Gasteiger partial charge in [0.1, 0.15) is 5.75 Å². The molecule has 3 aromatic rings. The van der Waals surface area contributed by atoms with Gasteiger partial charge in [0.2, 0.25) is 5.91 Å². The molecule has 0 saturated heterocycles. The monoisotopic (exact) mass is 339 g/mol. The average Bonchev–Trinajstić information content (AvgIpc) is 2.60. The number of nitrogens with zero attached hydrogens (tertiary/aromatic N) is 2. The third kappa shape index (κ3) is 3.70. The first-order chi connectivity index (χ1) is 11.7. The molecule has 0 aliphatic rings. The fourth-order valence-corrected chi connectivity index (χ4v) is 2.34. The number of nitrogens with one attached hydrogen (secondary N) is 1. The summed E-state index contributed by atoms with van der Waals surface area (Å²) >= 11 is 5.94. The molecule has 6 heteroatoms. The minimum atomic E-state index is -0.314. The topological polar surface area (TPSA) is 64.1 Å². The maximum absolute atomic E-state index is 12.1. The van der Waals surface area contributed by atoms with Gasteiger partial charge in [-0.2, -0.15) is 0 Å². The van der Waals surface area contributed by atoms with Gasteiger partial charge >= 0.3 is 0 Å². The van der Waals surface area contributed by atoms with Gasteiger partial charge in [-0.3, -0.25) is 9.78 Å². The van der Waals surface area contributed by atoms with Crippen LogP contribution in [0.2, 0.25) is 5.02 Å². The molecule has 0 unspecified atom stereocenters. The van der Waals surface area contributed by atoms with Gasteiger partial charge < -0.3 is 10.1 Å². The number of hydrogen-bond acceptors (Lipinski definition) is 4. The summed E-state index contributed by atoms with van der Waals surface area (Å²) in [5, 5.41) is 3.24. The van der Waals surface area contributed by atoms with Crippen molar-refractivity contribution in [2.24, 2.45) is 0 Å². The van der Waals surface area contributed by atoms with E-state index >= 15 is 0 Å². The van der Waals surface area contributed by atoms with Crippen LogP contribution < -0.4 is 10.1 Å². The maximum Gasteiger partial charge on any atom is 0.248 e. The van der Waals surface area contributed by atoms with Gasteiger partial charge in [-0.1, -0.05) is 23.7 Å². The number of para-hydroxylation sites is 2. The zero-order valence-corrected chi connectivity index (χ0v) is 13.6. The number of rotatable bonds is 4. The van der Waals surface area contributed by atoms with Crippen molar-refractivity contribution in [2.75, 3.05) is 12.4 Å². The van der Waals surface area contributed by atoms with Crippen molar-refractivity contribution in [2.45, 2.75) is 0 Å². The number of fused-ring (bicyclic) bond motifs is 1. The zero-order valence-electron chi connectivity index (χ0n) is 12.9. The van der Waals surface area contributed by atoms with Crippen molar-refractivity contribution in [3.63, 3.8) is 0 Å². The van der Waals surface area contributed by atoms with Gasteiger partial charge in [0.05, 0.1) is 35.7 Å². The maximum atomic E-state index is 12.1. The Hall–Kier alpha value is -2.92. The van der Waals surface area contributed by atoms with Crippen molar-refractivity contribution >= 4 is 40.3 Å². The van der Waals surface area contributed by atoms with Gasteiger partial charge in [-0.05, 0) is 36.4 Å². The Kier molecular flexibility index (Phi) is 4.72. The lowest BCUT2D eigenvalue weighted by molar-refractivity contribution is -0.111. The molecule has 5 nitrogen and oxygen atoms in total. The van der Waals surface area contributed by atoms with E-state index in [1.165, 1.54) is 13.2 Å². The van der Waals surface area contributed by atoms with Crippen LogP contribution >= 0.6 is 11.6 Å². The molecule has 0 saturated carbocycles. The van der Waals surface area contributed by atoms with Gasteiger partial charge in [0.15, 0.2) is 0 Å². The fourth-order valence-electron chi connectivity index (χ4n) is 2.17. The van der Waals surface area contributed by atoms with E-state index in [1.807, 2.05) is 24.3 Å². The summed E-state index contributed by atoms with van der Waals surface area (Å²) in [5.41, 5.74) is 2.69. The molecule has 1 amide bonds. The van der Waals surface area contributed by atoms with E-state index in [0.29, 0.717) is 22.2 Å². The highest BCUT2D eigenvalue weighted by atomic mass is 35.5. The molecule has 0 radical (unpaired) electrons. The highest BCUT2D eigenvalue weighted by molar-refractivity contribution is 6.31. The normalized spacial score (nSPS) is 10.9. The highest BCUT2D eigenvalue weighted by Crippen LogP contribution is 2.27. The molecule has 2 aromatic carbocycles. The van der Waals surface area contributed by atoms with Crippen molar-refractivity contribution in [3.8, 4) is 5.75 Å². The Morgan fingerprint density at radius 3 is 2.79 bits per heavy atom. The third-order valence-corrected chi connectivity index (χ3v) is 3.53. The second-order valence-corrected chi connectivity index (χ2v) is 5.39. The van der Waals surface area contributed by atoms with Crippen LogP contribution in [0.4, 0.5) is 5.69 Å². The summed E-state index contributed by atoms with van der Waals surface area (Å²) in [6, 6.07) is 12.6. The quantitative estimate of drug-likeness (QED) is 0.731. The van der Waals surface area contributed by atoms with Crippen LogP contribution in [-0.4, -0.2) is 23.0 Å². The first kappa shape index (κ1) is 16.0. The van der Waals surface area contributed by atoms with Crippen molar-refractivity contribution < 1.29 is 9.53 Å². The summed E-state index contributed by atoms with van der Waals surface area (Å²) in [7, 11) is 1.53. The highest BCUT2D eigenvalue weighted by Gasteiger charge is 2.06. The molecule has 1 heterocycles. The summed E-state index contributed by atoms with van der Waals surface area (Å²) in [6.45, 7) is 0. The number of carbonyl (C=O) groups excluding carboxylic acids is 1. The molecule has 0 fully saturated rings. The Labute approximate surface area is 144 Å². The van der Waals surface area contributed by atoms with E-state index in [2.05, 4.69) is 15.3 Å². The van der Waals surface area contributed by atoms with Crippen LogP contribution in [-0.2, 0) is 4.79 Å². The molecule has 120 valence electrons. The first-order valence-corrected chi connectivity index (χ1v) is 7.58. The van der Waals surface area contributed by atoms with Gasteiger partial charge in [-0.25, -0.2) is 4.98 Å². The van der Waals surface area contributed by atoms with E-state index in [0.717, 1.165) is 11.0 Å². The van der Waals surface area contributed by atoms with Gasteiger partial charge in [-0.15, -0.1) is 0 Å². The number of halogens is 1. The smallest absolute Gasteiger partial charge is 0.248 e. The summed E-state index contributed by atoms with van der Waals surface area (Å²) in [4.78, 5) is 20.8. The second kappa shape index (κ2) is 7.10. The molecule has 0 spiro atoms. The van der Waals surface area contributed by atoms with E-state index in [4.69, 9.17) is 16.3 Å². The number of anilines is 1. The standard InChI is InChI=1S/C18H14ClN3O2/c1-24-17-8-6-12(19)10-16(17)22-18(23)9-7-13-11-20-14-4-2-3-5-15(14)21-13/h2-11H,1H3,(H,22,23). The van der Waals surface area contributed by atoms with E-state index in [9.17, 15) is 4.79 Å². The van der Waals surface area contributed by atoms with E-state index in [1.54, 1.807) is 30.5 Å². The number of ether oxygens (including phenoxy) is 1. The predicted molar refractivity (Wildman–Crippen MR) is 95.2 cm³/mol. The average molecular weight is 340 g/mol. The molecule has 0 atom stereocenters. The molecule has 1 aromatic heterocycles. The number of aromatic nitrogens is 2. The molecular formula is C18H14ClN3O2. The molecule has 0 bridgehead atoms. The number of hydrogen-bond donors (Lipinski definition) is 1. The van der Waals surface area contributed by atoms with Crippen molar-refractivity contribution in [1.82, 2.24) is 9.97 Å². The largest absolute Gasteiger partial charge is 0.495 e. The Balaban J connectivity index is 1.76. The van der Waals surface area contributed by atoms with Crippen LogP contribution in [0.5, 0.6) is 5.75 Å². The van der Waals surface area contributed by atoms with Crippen LogP contribution in [0.3, 0.4) is 0 Å². The molecule has 0 aliphatic heterocycles. The minimum Gasteiger partial charge on any atom is -0.495 e. The Morgan fingerprint density at radius 2 is 2.00 bits per heavy atom. The molecule has 0 aliphatic carbocycles. The third-order valence-electron chi connectivity index (χ3n) is 3.29. The van der Waals surface area contributed by atoms with Crippen molar-refractivity contribution in [3.05, 3.63) is 65.5 Å². The molecule has 24 heavy (non-hydrogen) atoms. The minimum absolute atomic E-state index is 0.314. The molecular weight excluding hydrogens is 326 g/mol. The van der Waals surface area contributed by atoms with Gasteiger partial charge in [0.25, 0.3) is 0 Å². The van der Waals surface area contributed by atoms with E-state index in [-0.39, 0.29) is 5.91 Å². The van der Waals surface area contributed by atoms with Crippen LogP contribution in [0, 0.1) is 0 Å².